The Kier molecular flexibility index (Phi) is 5.09. The summed E-state index contributed by atoms with van der Waals surface area (Å²) in [7, 11) is 3.45. The standard InChI is InChI=1S/C19H28N4O3/c1-19(2,20-14-5-7-15(26-4)8-6-14)18(25)23-12-11-22-10-9-21(3)17(24)16(22)13-23/h5-8,16,20H,9-13H2,1-4H3. The van der Waals surface area contributed by atoms with Gasteiger partial charge in [0.25, 0.3) is 0 Å². The Bertz CT molecular complexity index is 674. The van der Waals surface area contributed by atoms with E-state index in [0.29, 0.717) is 13.1 Å². The number of amides is 2. The molecule has 2 heterocycles. The topological polar surface area (TPSA) is 65.1 Å². The van der Waals surface area contributed by atoms with E-state index in [1.165, 1.54) is 0 Å². The molecule has 1 atom stereocenters. The number of nitrogens with one attached hydrogen (secondary N) is 1. The van der Waals surface area contributed by atoms with Gasteiger partial charge in [0.1, 0.15) is 17.3 Å². The van der Waals surface area contributed by atoms with Crippen LogP contribution in [0, 0.1) is 0 Å². The molecule has 2 saturated heterocycles. The zero-order valence-corrected chi connectivity index (χ0v) is 16.0. The van der Waals surface area contributed by atoms with Crippen molar-refractivity contribution in [2.45, 2.75) is 25.4 Å². The molecule has 1 aromatic rings. The van der Waals surface area contributed by atoms with Crippen LogP contribution in [0.3, 0.4) is 0 Å². The highest BCUT2D eigenvalue weighted by molar-refractivity contribution is 5.90. The van der Waals surface area contributed by atoms with Crippen LogP contribution in [0.15, 0.2) is 24.3 Å². The molecule has 0 aliphatic carbocycles. The first-order valence-corrected chi connectivity index (χ1v) is 9.02. The van der Waals surface area contributed by atoms with Gasteiger partial charge in [-0.1, -0.05) is 0 Å². The Morgan fingerprint density at radius 2 is 1.81 bits per heavy atom. The number of anilines is 1. The third kappa shape index (κ3) is 3.62. The highest BCUT2D eigenvalue weighted by Crippen LogP contribution is 2.23. The molecule has 1 N–H and O–H groups in total. The average molecular weight is 360 g/mol. The number of ether oxygens (including phenoxy) is 1. The number of hydrogen-bond acceptors (Lipinski definition) is 5. The molecule has 142 valence electrons. The van der Waals surface area contributed by atoms with Crippen LogP contribution in [-0.4, -0.2) is 85.0 Å². The van der Waals surface area contributed by atoms with Crippen LogP contribution >= 0.6 is 0 Å². The smallest absolute Gasteiger partial charge is 0.247 e. The van der Waals surface area contributed by atoms with E-state index in [4.69, 9.17) is 4.74 Å². The highest BCUT2D eigenvalue weighted by atomic mass is 16.5. The number of nitrogens with zero attached hydrogens (tertiary/aromatic N) is 3. The van der Waals surface area contributed by atoms with Gasteiger partial charge in [0.15, 0.2) is 0 Å². The Hall–Kier alpha value is -2.28. The van der Waals surface area contributed by atoms with Crippen molar-refractivity contribution < 1.29 is 14.3 Å². The molecule has 2 aliphatic rings. The van der Waals surface area contributed by atoms with Crippen LogP contribution in [-0.2, 0) is 9.59 Å². The van der Waals surface area contributed by atoms with Gasteiger partial charge >= 0.3 is 0 Å². The fourth-order valence-electron chi connectivity index (χ4n) is 3.63. The predicted molar refractivity (Wildman–Crippen MR) is 100 cm³/mol. The van der Waals surface area contributed by atoms with Crippen molar-refractivity contribution in [3.63, 3.8) is 0 Å². The number of likely N-dealkylation sites (N-methyl/N-ethyl adjacent to an activating group) is 1. The van der Waals surface area contributed by atoms with Gasteiger partial charge < -0.3 is 19.9 Å². The minimum Gasteiger partial charge on any atom is -0.497 e. The first-order valence-electron chi connectivity index (χ1n) is 9.02. The zero-order valence-electron chi connectivity index (χ0n) is 16.0. The van der Waals surface area contributed by atoms with Gasteiger partial charge in [-0.15, -0.1) is 0 Å². The van der Waals surface area contributed by atoms with E-state index in [0.717, 1.165) is 31.1 Å². The summed E-state index contributed by atoms with van der Waals surface area (Å²) in [5.41, 5.74) is 0.0941. The molecule has 2 aliphatic heterocycles. The number of hydrogen-bond donors (Lipinski definition) is 1. The summed E-state index contributed by atoms with van der Waals surface area (Å²) in [5, 5.41) is 3.30. The number of carbonyl (C=O) groups is 2. The zero-order chi connectivity index (χ0) is 18.9. The lowest BCUT2D eigenvalue weighted by Crippen LogP contribution is -2.66. The summed E-state index contributed by atoms with van der Waals surface area (Å²) >= 11 is 0. The van der Waals surface area contributed by atoms with E-state index in [-0.39, 0.29) is 17.9 Å². The number of piperazine rings is 2. The largest absolute Gasteiger partial charge is 0.497 e. The first kappa shape index (κ1) is 18.5. The van der Waals surface area contributed by atoms with Crippen LogP contribution in [0.25, 0.3) is 0 Å². The fraction of sp³-hybridized carbons (Fsp3) is 0.579. The van der Waals surface area contributed by atoms with Crippen LogP contribution in [0.1, 0.15) is 13.8 Å². The maximum Gasteiger partial charge on any atom is 0.247 e. The molecule has 0 saturated carbocycles. The molecule has 2 amide bonds. The molecular formula is C19H28N4O3. The van der Waals surface area contributed by atoms with Gasteiger partial charge in [0.05, 0.1) is 7.11 Å². The summed E-state index contributed by atoms with van der Waals surface area (Å²) in [6.07, 6.45) is 0. The molecule has 7 nitrogen and oxygen atoms in total. The van der Waals surface area contributed by atoms with Crippen LogP contribution < -0.4 is 10.1 Å². The lowest BCUT2D eigenvalue weighted by atomic mass is 10.00. The van der Waals surface area contributed by atoms with Gasteiger partial charge in [0, 0.05) is 45.5 Å². The second-order valence-corrected chi connectivity index (χ2v) is 7.54. The molecule has 1 aromatic carbocycles. The second-order valence-electron chi connectivity index (χ2n) is 7.54. The molecule has 7 heteroatoms. The molecule has 3 rings (SSSR count). The molecule has 26 heavy (non-hydrogen) atoms. The first-order chi connectivity index (χ1) is 12.3. The fourth-order valence-corrected chi connectivity index (χ4v) is 3.63. The minimum absolute atomic E-state index is 0.00833. The average Bonchev–Trinajstić information content (AvgIpc) is 2.64. The van der Waals surface area contributed by atoms with Crippen molar-refractivity contribution in [1.29, 1.82) is 0 Å². The summed E-state index contributed by atoms with van der Waals surface area (Å²) in [4.78, 5) is 31.3. The third-order valence-corrected chi connectivity index (χ3v) is 5.24. The Morgan fingerprint density at radius 1 is 1.15 bits per heavy atom. The predicted octanol–water partition coefficient (Wildman–Crippen LogP) is 0.871. The molecule has 0 spiro atoms. The molecule has 1 unspecified atom stereocenters. The van der Waals surface area contributed by atoms with E-state index >= 15 is 0 Å². The van der Waals surface area contributed by atoms with Crippen molar-refractivity contribution in [1.82, 2.24) is 14.7 Å². The molecule has 0 aromatic heterocycles. The molecular weight excluding hydrogens is 332 g/mol. The number of methoxy groups -OCH3 is 1. The number of carbonyl (C=O) groups excluding carboxylic acids is 2. The molecule has 0 radical (unpaired) electrons. The monoisotopic (exact) mass is 360 g/mol. The summed E-state index contributed by atoms with van der Waals surface area (Å²) in [6.45, 7) is 7.24. The van der Waals surface area contributed by atoms with Crippen molar-refractivity contribution in [3.8, 4) is 5.75 Å². The Balaban J connectivity index is 1.67. The van der Waals surface area contributed by atoms with Crippen molar-refractivity contribution >= 4 is 17.5 Å². The van der Waals surface area contributed by atoms with Crippen LogP contribution in [0.2, 0.25) is 0 Å². The number of benzene rings is 1. The van der Waals surface area contributed by atoms with Gasteiger partial charge in [-0.25, -0.2) is 0 Å². The van der Waals surface area contributed by atoms with Gasteiger partial charge in [0.2, 0.25) is 11.8 Å². The lowest BCUT2D eigenvalue weighted by molar-refractivity contribution is -0.148. The van der Waals surface area contributed by atoms with Gasteiger partial charge in [-0.3, -0.25) is 14.5 Å². The van der Waals surface area contributed by atoms with Crippen LogP contribution in [0.5, 0.6) is 5.75 Å². The molecule has 2 fully saturated rings. The van der Waals surface area contributed by atoms with E-state index in [9.17, 15) is 9.59 Å². The summed E-state index contributed by atoms with van der Waals surface area (Å²) in [6, 6.07) is 7.29. The number of fused-ring (bicyclic) bond motifs is 1. The van der Waals surface area contributed by atoms with E-state index in [2.05, 4.69) is 10.2 Å². The number of rotatable bonds is 4. The lowest BCUT2D eigenvalue weighted by Gasteiger charge is -2.46. The third-order valence-electron chi connectivity index (χ3n) is 5.24. The summed E-state index contributed by atoms with van der Waals surface area (Å²) < 4.78 is 5.17. The Morgan fingerprint density at radius 3 is 2.46 bits per heavy atom. The maximum atomic E-state index is 13.1. The molecule has 0 bridgehead atoms. The minimum atomic E-state index is -0.764. The van der Waals surface area contributed by atoms with Crippen molar-refractivity contribution in [2.75, 3.05) is 52.2 Å². The van der Waals surface area contributed by atoms with Crippen molar-refractivity contribution in [3.05, 3.63) is 24.3 Å². The SMILES string of the molecule is COc1ccc(NC(C)(C)C(=O)N2CCN3CCN(C)C(=O)C3C2)cc1. The van der Waals surface area contributed by atoms with E-state index < -0.39 is 5.54 Å². The van der Waals surface area contributed by atoms with E-state index in [1.807, 2.05) is 50.1 Å². The normalized spacial score (nSPS) is 21.4. The van der Waals surface area contributed by atoms with Crippen LogP contribution in [0.4, 0.5) is 5.69 Å². The quantitative estimate of drug-likeness (QED) is 0.863. The highest BCUT2D eigenvalue weighted by Gasteiger charge is 2.41. The maximum absolute atomic E-state index is 13.1. The Labute approximate surface area is 154 Å². The van der Waals surface area contributed by atoms with Gasteiger partial charge in [-0.05, 0) is 38.1 Å². The van der Waals surface area contributed by atoms with E-state index in [1.54, 1.807) is 12.0 Å². The van der Waals surface area contributed by atoms with Crippen molar-refractivity contribution in [2.24, 2.45) is 0 Å². The second kappa shape index (κ2) is 7.15. The summed E-state index contributed by atoms with van der Waals surface area (Å²) in [5.74, 6) is 0.888. The van der Waals surface area contributed by atoms with Gasteiger partial charge in [-0.2, -0.15) is 0 Å².